The van der Waals surface area contributed by atoms with Gasteiger partial charge < -0.3 is 16.4 Å². The number of carbonyl (C=O) groups excluding carboxylic acids is 2. The number of hydrogen-bond acceptors (Lipinski definition) is 3. The van der Waals surface area contributed by atoms with E-state index in [0.29, 0.717) is 18.7 Å². The molecule has 4 N–H and O–H groups in total. The fourth-order valence-electron chi connectivity index (χ4n) is 3.44. The Labute approximate surface area is 159 Å². The fourth-order valence-corrected chi connectivity index (χ4v) is 3.44. The van der Waals surface area contributed by atoms with Gasteiger partial charge in [-0.05, 0) is 49.2 Å². The summed E-state index contributed by atoms with van der Waals surface area (Å²) in [6.07, 6.45) is 2.41. The predicted octanol–water partition coefficient (Wildman–Crippen LogP) is 2.42. The van der Waals surface area contributed by atoms with Crippen molar-refractivity contribution in [2.75, 3.05) is 19.6 Å². The number of rotatable bonds is 7. The molecule has 6 heteroatoms. The summed E-state index contributed by atoms with van der Waals surface area (Å²) in [5.74, 6) is -0.0930. The lowest BCUT2D eigenvalue weighted by Crippen LogP contribution is -2.36. The number of primary amides is 1. The van der Waals surface area contributed by atoms with Gasteiger partial charge in [0.2, 0.25) is 0 Å². The van der Waals surface area contributed by atoms with Crippen LogP contribution in [0.25, 0.3) is 0 Å². The lowest BCUT2D eigenvalue weighted by Gasteiger charge is -2.28. The second-order valence-electron chi connectivity index (χ2n) is 6.79. The SMILES string of the molecule is NC(=O)NCc1ccc(C(=O)NC[C@H](c2ccccc2)N2CCCC2)cc1. The van der Waals surface area contributed by atoms with Crippen LogP contribution in [0.2, 0.25) is 0 Å². The van der Waals surface area contributed by atoms with Gasteiger partial charge in [-0.1, -0.05) is 42.5 Å². The van der Waals surface area contributed by atoms with Gasteiger partial charge in [0, 0.05) is 18.7 Å². The molecule has 1 aliphatic rings. The van der Waals surface area contributed by atoms with Crippen molar-refractivity contribution in [3.63, 3.8) is 0 Å². The zero-order chi connectivity index (χ0) is 19.1. The van der Waals surface area contributed by atoms with Gasteiger partial charge in [0.15, 0.2) is 0 Å². The van der Waals surface area contributed by atoms with Gasteiger partial charge in [-0.25, -0.2) is 4.79 Å². The topological polar surface area (TPSA) is 87.5 Å². The van der Waals surface area contributed by atoms with Crippen LogP contribution in [0.1, 0.15) is 40.4 Å². The molecule has 0 radical (unpaired) electrons. The molecular weight excluding hydrogens is 340 g/mol. The molecule has 142 valence electrons. The highest BCUT2D eigenvalue weighted by Gasteiger charge is 2.23. The normalized spacial score (nSPS) is 15.3. The lowest BCUT2D eigenvalue weighted by atomic mass is 10.1. The first-order chi connectivity index (χ1) is 13.1. The second-order valence-corrected chi connectivity index (χ2v) is 6.79. The van der Waals surface area contributed by atoms with Crippen LogP contribution in [0.15, 0.2) is 54.6 Å². The van der Waals surface area contributed by atoms with Gasteiger partial charge in [-0.15, -0.1) is 0 Å². The van der Waals surface area contributed by atoms with Crippen LogP contribution in [-0.4, -0.2) is 36.5 Å². The van der Waals surface area contributed by atoms with E-state index in [0.717, 1.165) is 18.7 Å². The van der Waals surface area contributed by atoms with Crippen molar-refractivity contribution in [3.8, 4) is 0 Å². The van der Waals surface area contributed by atoms with Crippen molar-refractivity contribution in [2.45, 2.75) is 25.4 Å². The minimum absolute atomic E-state index is 0.0930. The van der Waals surface area contributed by atoms with E-state index in [-0.39, 0.29) is 11.9 Å². The van der Waals surface area contributed by atoms with Crippen molar-refractivity contribution >= 4 is 11.9 Å². The highest BCUT2D eigenvalue weighted by atomic mass is 16.2. The van der Waals surface area contributed by atoms with E-state index >= 15 is 0 Å². The predicted molar refractivity (Wildman–Crippen MR) is 105 cm³/mol. The van der Waals surface area contributed by atoms with Gasteiger partial charge in [0.25, 0.3) is 5.91 Å². The molecule has 1 saturated heterocycles. The van der Waals surface area contributed by atoms with Gasteiger partial charge in [-0.2, -0.15) is 0 Å². The number of benzene rings is 2. The Balaban J connectivity index is 1.61. The molecule has 2 aromatic rings. The Morgan fingerprint density at radius 3 is 2.26 bits per heavy atom. The van der Waals surface area contributed by atoms with Gasteiger partial charge in [0.1, 0.15) is 0 Å². The number of likely N-dealkylation sites (tertiary alicyclic amines) is 1. The van der Waals surface area contributed by atoms with Crippen LogP contribution in [0.5, 0.6) is 0 Å². The Morgan fingerprint density at radius 2 is 1.63 bits per heavy atom. The maximum atomic E-state index is 12.6. The third kappa shape index (κ3) is 5.31. The fraction of sp³-hybridized carbons (Fsp3) is 0.333. The van der Waals surface area contributed by atoms with Crippen molar-refractivity contribution in [3.05, 3.63) is 71.3 Å². The van der Waals surface area contributed by atoms with Crippen LogP contribution in [0.3, 0.4) is 0 Å². The van der Waals surface area contributed by atoms with Gasteiger partial charge in [-0.3, -0.25) is 9.69 Å². The second kappa shape index (κ2) is 9.19. The Morgan fingerprint density at radius 1 is 0.963 bits per heavy atom. The monoisotopic (exact) mass is 366 g/mol. The van der Waals surface area contributed by atoms with Crippen molar-refractivity contribution in [1.29, 1.82) is 0 Å². The standard InChI is InChI=1S/C21H26N4O2/c22-21(27)24-14-16-8-10-18(11-9-16)20(26)23-15-19(25-12-4-5-13-25)17-6-2-1-3-7-17/h1-3,6-11,19H,4-5,12-15H2,(H,23,26)(H3,22,24,27)/t19-/m1/s1. The Kier molecular flexibility index (Phi) is 6.44. The molecule has 27 heavy (non-hydrogen) atoms. The molecule has 1 heterocycles. The Bertz CT molecular complexity index is 756. The van der Waals surface area contributed by atoms with E-state index in [1.807, 2.05) is 30.3 Å². The molecule has 1 aliphatic heterocycles. The van der Waals surface area contributed by atoms with Crippen molar-refractivity contribution < 1.29 is 9.59 Å². The lowest BCUT2D eigenvalue weighted by molar-refractivity contribution is 0.0938. The summed E-state index contributed by atoms with van der Waals surface area (Å²) in [7, 11) is 0. The summed E-state index contributed by atoms with van der Waals surface area (Å²) in [4.78, 5) is 25.8. The van der Waals surface area contributed by atoms with E-state index in [2.05, 4.69) is 27.7 Å². The van der Waals surface area contributed by atoms with E-state index in [4.69, 9.17) is 5.73 Å². The third-order valence-corrected chi connectivity index (χ3v) is 4.90. The first-order valence-electron chi connectivity index (χ1n) is 9.33. The van der Waals surface area contributed by atoms with Gasteiger partial charge in [0.05, 0.1) is 6.04 Å². The number of nitrogens with two attached hydrogens (primary N) is 1. The average molecular weight is 366 g/mol. The van der Waals surface area contributed by atoms with E-state index < -0.39 is 6.03 Å². The number of carbonyl (C=O) groups is 2. The minimum atomic E-state index is -0.564. The minimum Gasteiger partial charge on any atom is -0.352 e. The number of hydrogen-bond donors (Lipinski definition) is 3. The molecule has 0 saturated carbocycles. The number of nitrogens with zero attached hydrogens (tertiary/aromatic N) is 1. The highest BCUT2D eigenvalue weighted by Crippen LogP contribution is 2.24. The molecule has 0 unspecified atom stereocenters. The first-order valence-corrected chi connectivity index (χ1v) is 9.33. The number of nitrogens with one attached hydrogen (secondary N) is 2. The summed E-state index contributed by atoms with van der Waals surface area (Å²) in [5, 5.41) is 5.61. The molecule has 0 bridgehead atoms. The molecule has 0 aromatic heterocycles. The zero-order valence-corrected chi connectivity index (χ0v) is 15.4. The average Bonchev–Trinajstić information content (AvgIpc) is 3.22. The van der Waals surface area contributed by atoms with E-state index in [1.54, 1.807) is 12.1 Å². The molecule has 0 aliphatic carbocycles. The van der Waals surface area contributed by atoms with Crippen LogP contribution < -0.4 is 16.4 Å². The highest BCUT2D eigenvalue weighted by molar-refractivity contribution is 5.94. The van der Waals surface area contributed by atoms with Crippen molar-refractivity contribution in [1.82, 2.24) is 15.5 Å². The van der Waals surface area contributed by atoms with E-state index in [9.17, 15) is 9.59 Å². The molecule has 3 rings (SSSR count). The molecule has 1 atom stereocenters. The summed E-state index contributed by atoms with van der Waals surface area (Å²) >= 11 is 0. The van der Waals surface area contributed by atoms with E-state index in [1.165, 1.54) is 18.4 Å². The van der Waals surface area contributed by atoms with Crippen LogP contribution in [0.4, 0.5) is 4.79 Å². The molecule has 6 nitrogen and oxygen atoms in total. The molecule has 2 aromatic carbocycles. The summed E-state index contributed by atoms with van der Waals surface area (Å²) in [6.45, 7) is 3.06. The number of urea groups is 1. The third-order valence-electron chi connectivity index (χ3n) is 4.90. The summed E-state index contributed by atoms with van der Waals surface area (Å²) < 4.78 is 0. The van der Waals surface area contributed by atoms with Gasteiger partial charge >= 0.3 is 6.03 Å². The van der Waals surface area contributed by atoms with Crippen LogP contribution >= 0.6 is 0 Å². The van der Waals surface area contributed by atoms with Crippen LogP contribution in [-0.2, 0) is 6.54 Å². The molecule has 3 amide bonds. The van der Waals surface area contributed by atoms with Crippen molar-refractivity contribution in [2.24, 2.45) is 5.73 Å². The quantitative estimate of drug-likeness (QED) is 0.703. The maximum Gasteiger partial charge on any atom is 0.312 e. The molecule has 1 fully saturated rings. The Hall–Kier alpha value is -2.86. The first kappa shape index (κ1) is 18.9. The summed E-state index contributed by atoms with van der Waals surface area (Å²) in [6, 6.07) is 17.1. The summed E-state index contributed by atoms with van der Waals surface area (Å²) in [5.41, 5.74) is 7.79. The molecule has 0 spiro atoms. The smallest absolute Gasteiger partial charge is 0.312 e. The largest absolute Gasteiger partial charge is 0.352 e. The molecular formula is C21H26N4O2. The number of amides is 3. The van der Waals surface area contributed by atoms with Crippen LogP contribution in [0, 0.1) is 0 Å². The zero-order valence-electron chi connectivity index (χ0n) is 15.4. The maximum absolute atomic E-state index is 12.6.